The molecule has 2 rings (SSSR count). The topological polar surface area (TPSA) is 76.7 Å². The fourth-order valence-corrected chi connectivity index (χ4v) is 3.87. The lowest BCUT2D eigenvalue weighted by Gasteiger charge is -2.27. The molecule has 5 nitrogen and oxygen atoms in total. The van der Waals surface area contributed by atoms with E-state index in [1.165, 1.54) is 32.1 Å². The number of aromatic amines is 1. The molecule has 1 heterocycles. The number of hydrogen-bond acceptors (Lipinski definition) is 4. The minimum atomic E-state index is -0.135. The van der Waals surface area contributed by atoms with Gasteiger partial charge in [0.25, 0.3) is 0 Å². The predicted octanol–water partition coefficient (Wildman–Crippen LogP) is 2.15. The van der Waals surface area contributed by atoms with Gasteiger partial charge in [0, 0.05) is 17.8 Å². The van der Waals surface area contributed by atoms with E-state index >= 15 is 0 Å². The van der Waals surface area contributed by atoms with Gasteiger partial charge in [-0.15, -0.1) is 5.10 Å². The fraction of sp³-hybridized carbons (Fsp3) is 0.846. The Morgan fingerprint density at radius 1 is 1.42 bits per heavy atom. The molecule has 0 aliphatic heterocycles. The Morgan fingerprint density at radius 3 is 2.74 bits per heavy atom. The molecule has 0 radical (unpaired) electrons. The van der Waals surface area contributed by atoms with Gasteiger partial charge in [0.2, 0.25) is 0 Å². The van der Waals surface area contributed by atoms with Crippen LogP contribution in [-0.4, -0.2) is 26.6 Å². The largest absolute Gasteiger partial charge is 0.344 e. The van der Waals surface area contributed by atoms with Crippen LogP contribution < -0.4 is 11.4 Å². The van der Waals surface area contributed by atoms with Gasteiger partial charge in [0.1, 0.15) is 0 Å². The number of aromatic nitrogens is 3. The molecule has 1 atom stereocenters. The number of nitrogens with zero attached hydrogens (tertiary/aromatic N) is 2. The van der Waals surface area contributed by atoms with E-state index in [-0.39, 0.29) is 17.8 Å². The summed E-state index contributed by atoms with van der Waals surface area (Å²) < 4.78 is 1.69. The van der Waals surface area contributed by atoms with E-state index in [9.17, 15) is 4.79 Å². The SMILES string of the molecule is CC(C)n1c(SCC(N)C2CCCCC2)n[nH]c1=O. The molecule has 3 N–H and O–H groups in total. The van der Waals surface area contributed by atoms with Crippen molar-refractivity contribution in [2.75, 3.05) is 5.75 Å². The van der Waals surface area contributed by atoms with Gasteiger partial charge in [0.15, 0.2) is 5.16 Å². The molecule has 0 spiro atoms. The predicted molar refractivity (Wildman–Crippen MR) is 78.5 cm³/mol. The number of thioether (sulfide) groups is 1. The van der Waals surface area contributed by atoms with E-state index in [0.29, 0.717) is 5.92 Å². The highest BCUT2D eigenvalue weighted by molar-refractivity contribution is 7.99. The van der Waals surface area contributed by atoms with E-state index < -0.39 is 0 Å². The number of nitrogens with one attached hydrogen (secondary N) is 1. The number of rotatable bonds is 5. The van der Waals surface area contributed by atoms with Crippen LogP contribution in [0.25, 0.3) is 0 Å². The summed E-state index contributed by atoms with van der Waals surface area (Å²) in [6, 6.07) is 0.331. The van der Waals surface area contributed by atoms with Crippen molar-refractivity contribution in [3.8, 4) is 0 Å². The molecular formula is C13H24N4OS. The van der Waals surface area contributed by atoms with Crippen molar-refractivity contribution < 1.29 is 0 Å². The van der Waals surface area contributed by atoms with Crippen LogP contribution >= 0.6 is 11.8 Å². The summed E-state index contributed by atoms with van der Waals surface area (Å²) in [7, 11) is 0. The summed E-state index contributed by atoms with van der Waals surface area (Å²) in [6.07, 6.45) is 6.46. The minimum absolute atomic E-state index is 0.125. The van der Waals surface area contributed by atoms with E-state index in [1.807, 2.05) is 13.8 Å². The quantitative estimate of drug-likeness (QED) is 0.812. The summed E-state index contributed by atoms with van der Waals surface area (Å²) in [6.45, 7) is 3.98. The first-order chi connectivity index (χ1) is 9.09. The third-order valence-corrected chi connectivity index (χ3v) is 4.95. The number of hydrogen-bond donors (Lipinski definition) is 2. The van der Waals surface area contributed by atoms with Crippen molar-refractivity contribution in [1.29, 1.82) is 0 Å². The molecule has 1 aromatic rings. The zero-order valence-corrected chi connectivity index (χ0v) is 12.6. The Labute approximate surface area is 118 Å². The van der Waals surface area contributed by atoms with Gasteiger partial charge in [-0.05, 0) is 32.6 Å². The van der Waals surface area contributed by atoms with Gasteiger partial charge >= 0.3 is 5.69 Å². The van der Waals surface area contributed by atoms with Crippen LogP contribution in [-0.2, 0) is 0 Å². The Hall–Kier alpha value is -0.750. The molecule has 1 fully saturated rings. The second kappa shape index (κ2) is 6.61. The fourth-order valence-electron chi connectivity index (χ4n) is 2.72. The van der Waals surface area contributed by atoms with E-state index in [4.69, 9.17) is 5.73 Å². The lowest BCUT2D eigenvalue weighted by atomic mass is 9.85. The molecule has 1 aliphatic rings. The summed E-state index contributed by atoms with van der Waals surface area (Å²) in [5, 5.41) is 7.36. The minimum Gasteiger partial charge on any atom is -0.327 e. The van der Waals surface area contributed by atoms with Gasteiger partial charge < -0.3 is 5.73 Å². The molecule has 1 unspecified atom stereocenters. The maximum Gasteiger partial charge on any atom is 0.344 e. The molecule has 19 heavy (non-hydrogen) atoms. The lowest BCUT2D eigenvalue weighted by molar-refractivity contribution is 0.319. The van der Waals surface area contributed by atoms with Crippen molar-refractivity contribution in [2.45, 2.75) is 63.2 Å². The maximum absolute atomic E-state index is 11.6. The van der Waals surface area contributed by atoms with Crippen molar-refractivity contribution in [1.82, 2.24) is 14.8 Å². The summed E-state index contributed by atoms with van der Waals surface area (Å²) >= 11 is 1.59. The van der Waals surface area contributed by atoms with Crippen LogP contribution in [0, 0.1) is 5.92 Å². The van der Waals surface area contributed by atoms with Crippen molar-refractivity contribution >= 4 is 11.8 Å². The van der Waals surface area contributed by atoms with Gasteiger partial charge in [-0.2, -0.15) is 0 Å². The first-order valence-electron chi connectivity index (χ1n) is 7.15. The molecule has 0 aromatic carbocycles. The van der Waals surface area contributed by atoms with Gasteiger partial charge in [-0.25, -0.2) is 9.89 Å². The van der Waals surface area contributed by atoms with E-state index in [1.54, 1.807) is 16.3 Å². The summed E-state index contributed by atoms with van der Waals surface area (Å²) in [5.74, 6) is 1.47. The first kappa shape index (κ1) is 14.7. The zero-order valence-electron chi connectivity index (χ0n) is 11.8. The molecule has 1 saturated carbocycles. The first-order valence-corrected chi connectivity index (χ1v) is 8.13. The molecule has 1 aromatic heterocycles. The molecule has 0 saturated heterocycles. The smallest absolute Gasteiger partial charge is 0.327 e. The zero-order chi connectivity index (χ0) is 13.8. The standard InChI is InChI=1S/C13H24N4OS/c1-9(2)17-12(18)15-16-13(17)19-8-11(14)10-6-4-3-5-7-10/h9-11H,3-8,14H2,1-2H3,(H,15,18). The average Bonchev–Trinajstić information content (AvgIpc) is 2.78. The van der Waals surface area contributed by atoms with Crippen molar-refractivity contribution in [3.63, 3.8) is 0 Å². The maximum atomic E-state index is 11.6. The van der Waals surface area contributed by atoms with Gasteiger partial charge in [-0.1, -0.05) is 31.0 Å². The van der Waals surface area contributed by atoms with E-state index in [0.717, 1.165) is 10.9 Å². The number of H-pyrrole nitrogens is 1. The normalized spacial score (nSPS) is 18.9. The molecule has 0 bridgehead atoms. The third kappa shape index (κ3) is 3.63. The van der Waals surface area contributed by atoms with Crippen LogP contribution in [0.4, 0.5) is 0 Å². The second-order valence-corrected chi connectivity index (χ2v) is 6.64. The van der Waals surface area contributed by atoms with Crippen LogP contribution in [0.2, 0.25) is 0 Å². The van der Waals surface area contributed by atoms with Crippen LogP contribution in [0.1, 0.15) is 52.0 Å². The molecular weight excluding hydrogens is 260 g/mol. The second-order valence-electron chi connectivity index (χ2n) is 5.65. The Bertz CT molecular complexity index is 448. The van der Waals surface area contributed by atoms with Crippen LogP contribution in [0.5, 0.6) is 0 Å². The Balaban J connectivity index is 1.93. The molecule has 1 aliphatic carbocycles. The lowest BCUT2D eigenvalue weighted by Crippen LogP contribution is -2.34. The highest BCUT2D eigenvalue weighted by Gasteiger charge is 2.21. The summed E-state index contributed by atoms with van der Waals surface area (Å²) in [5.41, 5.74) is 6.15. The van der Waals surface area contributed by atoms with Crippen LogP contribution in [0.15, 0.2) is 9.95 Å². The van der Waals surface area contributed by atoms with Crippen molar-refractivity contribution in [2.24, 2.45) is 11.7 Å². The highest BCUT2D eigenvalue weighted by Crippen LogP contribution is 2.28. The Kier molecular flexibility index (Phi) is 5.10. The summed E-state index contributed by atoms with van der Waals surface area (Å²) in [4.78, 5) is 11.6. The Morgan fingerprint density at radius 2 is 2.11 bits per heavy atom. The van der Waals surface area contributed by atoms with Gasteiger partial charge in [-0.3, -0.25) is 4.57 Å². The number of nitrogens with two attached hydrogens (primary N) is 1. The van der Waals surface area contributed by atoms with Gasteiger partial charge in [0.05, 0.1) is 0 Å². The average molecular weight is 284 g/mol. The monoisotopic (exact) mass is 284 g/mol. The molecule has 6 heteroatoms. The molecule has 0 amide bonds. The van der Waals surface area contributed by atoms with Crippen LogP contribution in [0.3, 0.4) is 0 Å². The third-order valence-electron chi connectivity index (χ3n) is 3.85. The van der Waals surface area contributed by atoms with Crippen molar-refractivity contribution in [3.05, 3.63) is 10.5 Å². The highest BCUT2D eigenvalue weighted by atomic mass is 32.2. The van der Waals surface area contributed by atoms with E-state index in [2.05, 4.69) is 10.2 Å². The molecule has 108 valence electrons.